The van der Waals surface area contributed by atoms with Gasteiger partial charge in [0.15, 0.2) is 0 Å². The van der Waals surface area contributed by atoms with Crippen LogP contribution < -0.4 is 4.31 Å². The van der Waals surface area contributed by atoms with Crippen LogP contribution >= 0.6 is 15.9 Å². The van der Waals surface area contributed by atoms with E-state index in [0.717, 1.165) is 16.3 Å². The summed E-state index contributed by atoms with van der Waals surface area (Å²) in [5, 5.41) is 10.6. The minimum Gasteiger partial charge on any atom is -0.458 e. The Morgan fingerprint density at radius 1 is 1.25 bits per heavy atom. The predicted molar refractivity (Wildman–Crippen MR) is 113 cm³/mol. The van der Waals surface area contributed by atoms with Crippen LogP contribution in [0, 0.1) is 17.2 Å². The molecule has 28 heavy (non-hydrogen) atoms. The standard InChI is InChI=1S/C21H17BrN2O3S/c1-13-12-24(28(2,25)26)20-16-9-8-15(22)10-18(16)27-21(20)19(17(13)11-23)14-6-4-3-5-7-14/h3-10,17,19H,1,12H2,2H3/t17-,19-/m0/s1. The SMILES string of the molecule is C=C1CN(S(C)(=O)=O)c2c(oc3cc(Br)ccc23)[C@@H](c2ccccc2)[C@H]1C#N. The van der Waals surface area contributed by atoms with Crippen molar-refractivity contribution in [3.63, 3.8) is 0 Å². The fraction of sp³-hybridized carbons (Fsp3) is 0.190. The summed E-state index contributed by atoms with van der Waals surface area (Å²) >= 11 is 3.43. The van der Waals surface area contributed by atoms with Gasteiger partial charge >= 0.3 is 0 Å². The molecule has 4 rings (SSSR count). The van der Waals surface area contributed by atoms with Gasteiger partial charge in [-0.2, -0.15) is 5.26 Å². The highest BCUT2D eigenvalue weighted by molar-refractivity contribution is 9.10. The molecule has 0 saturated heterocycles. The van der Waals surface area contributed by atoms with E-state index in [-0.39, 0.29) is 6.54 Å². The van der Waals surface area contributed by atoms with Crippen molar-refractivity contribution in [3.8, 4) is 6.07 Å². The fourth-order valence-corrected chi connectivity index (χ4v) is 5.01. The number of fused-ring (bicyclic) bond motifs is 3. The number of anilines is 1. The van der Waals surface area contributed by atoms with Crippen LogP contribution in [0.25, 0.3) is 11.0 Å². The van der Waals surface area contributed by atoms with Gasteiger partial charge in [0, 0.05) is 9.86 Å². The van der Waals surface area contributed by atoms with Crippen molar-refractivity contribution in [1.82, 2.24) is 0 Å². The molecule has 0 saturated carbocycles. The van der Waals surface area contributed by atoms with Crippen LogP contribution in [0.5, 0.6) is 0 Å². The molecule has 0 amide bonds. The second-order valence-corrected chi connectivity index (χ2v) is 9.70. The Balaban J connectivity index is 2.11. The van der Waals surface area contributed by atoms with Crippen LogP contribution in [0.15, 0.2) is 69.6 Å². The Morgan fingerprint density at radius 3 is 2.61 bits per heavy atom. The molecule has 0 aliphatic carbocycles. The second kappa shape index (κ2) is 6.80. The Hall–Kier alpha value is -2.56. The smallest absolute Gasteiger partial charge is 0.232 e. The first-order valence-electron chi connectivity index (χ1n) is 8.63. The minimum atomic E-state index is -3.61. The van der Waals surface area contributed by atoms with E-state index >= 15 is 0 Å². The van der Waals surface area contributed by atoms with Gasteiger partial charge in [-0.05, 0) is 29.3 Å². The van der Waals surface area contributed by atoms with Gasteiger partial charge in [-0.25, -0.2) is 8.42 Å². The van der Waals surface area contributed by atoms with E-state index in [9.17, 15) is 13.7 Å². The fourth-order valence-electron chi connectivity index (χ4n) is 3.75. The van der Waals surface area contributed by atoms with Gasteiger partial charge in [0.1, 0.15) is 17.0 Å². The van der Waals surface area contributed by atoms with E-state index in [1.165, 1.54) is 4.31 Å². The van der Waals surface area contributed by atoms with Crippen LogP contribution in [0.2, 0.25) is 0 Å². The average Bonchev–Trinajstić information content (AvgIpc) is 2.94. The van der Waals surface area contributed by atoms with Crippen molar-refractivity contribution in [2.45, 2.75) is 5.92 Å². The van der Waals surface area contributed by atoms with Crippen molar-refractivity contribution >= 4 is 42.6 Å². The third kappa shape index (κ3) is 3.03. The lowest BCUT2D eigenvalue weighted by molar-refractivity contribution is 0.493. The molecule has 0 bridgehead atoms. The highest BCUT2D eigenvalue weighted by Gasteiger charge is 2.40. The lowest BCUT2D eigenvalue weighted by atomic mass is 9.81. The van der Waals surface area contributed by atoms with Gasteiger partial charge in [0.05, 0.1) is 30.7 Å². The van der Waals surface area contributed by atoms with E-state index in [0.29, 0.717) is 28.0 Å². The molecule has 1 aromatic heterocycles. The number of halogens is 1. The Labute approximate surface area is 172 Å². The lowest BCUT2D eigenvalue weighted by Crippen LogP contribution is -2.31. The molecule has 0 unspecified atom stereocenters. The number of rotatable bonds is 2. The first-order chi connectivity index (χ1) is 13.3. The number of furan rings is 1. The number of nitrogens with zero attached hydrogens (tertiary/aromatic N) is 2. The van der Waals surface area contributed by atoms with Crippen LogP contribution in [-0.2, 0) is 10.0 Å². The number of benzene rings is 2. The monoisotopic (exact) mass is 456 g/mol. The van der Waals surface area contributed by atoms with Crippen molar-refractivity contribution in [3.05, 3.63) is 76.5 Å². The number of hydrogen-bond donors (Lipinski definition) is 0. The Kier molecular flexibility index (Phi) is 4.56. The lowest BCUT2D eigenvalue weighted by Gasteiger charge is -2.21. The Morgan fingerprint density at radius 2 is 1.96 bits per heavy atom. The van der Waals surface area contributed by atoms with Gasteiger partial charge in [-0.15, -0.1) is 0 Å². The summed E-state index contributed by atoms with van der Waals surface area (Å²) in [5.41, 5.74) is 2.47. The van der Waals surface area contributed by atoms with E-state index in [4.69, 9.17) is 4.42 Å². The summed E-state index contributed by atoms with van der Waals surface area (Å²) in [6.07, 6.45) is 1.16. The molecule has 3 aromatic rings. The number of hydrogen-bond acceptors (Lipinski definition) is 4. The maximum atomic E-state index is 12.6. The summed E-state index contributed by atoms with van der Waals surface area (Å²) in [6, 6.07) is 17.3. The zero-order valence-electron chi connectivity index (χ0n) is 15.1. The third-order valence-electron chi connectivity index (χ3n) is 5.00. The highest BCUT2D eigenvalue weighted by Crippen LogP contribution is 2.48. The largest absolute Gasteiger partial charge is 0.458 e. The zero-order chi connectivity index (χ0) is 20.1. The second-order valence-electron chi connectivity index (χ2n) is 6.88. The molecular weight excluding hydrogens is 440 g/mol. The molecular formula is C21H17BrN2O3S. The predicted octanol–water partition coefficient (Wildman–Crippen LogP) is 4.80. The summed E-state index contributed by atoms with van der Waals surface area (Å²) in [6.45, 7) is 4.08. The highest BCUT2D eigenvalue weighted by atomic mass is 79.9. The molecule has 0 fully saturated rings. The molecule has 0 spiro atoms. The summed E-state index contributed by atoms with van der Waals surface area (Å²) < 4.78 is 33.6. The van der Waals surface area contributed by atoms with Gasteiger partial charge in [0.2, 0.25) is 10.0 Å². The molecule has 2 aromatic carbocycles. The van der Waals surface area contributed by atoms with Gasteiger partial charge in [-0.3, -0.25) is 4.31 Å². The number of nitriles is 1. The van der Waals surface area contributed by atoms with E-state index < -0.39 is 21.9 Å². The molecule has 5 nitrogen and oxygen atoms in total. The number of sulfonamides is 1. The van der Waals surface area contributed by atoms with Crippen LogP contribution in [0.4, 0.5) is 5.69 Å². The summed E-state index contributed by atoms with van der Waals surface area (Å²) in [7, 11) is -3.61. The van der Waals surface area contributed by atoms with Gasteiger partial charge in [0.25, 0.3) is 0 Å². The zero-order valence-corrected chi connectivity index (χ0v) is 17.5. The van der Waals surface area contributed by atoms with Crippen molar-refractivity contribution in [1.29, 1.82) is 5.26 Å². The molecule has 2 heterocycles. The van der Waals surface area contributed by atoms with Crippen LogP contribution in [0.3, 0.4) is 0 Å². The maximum absolute atomic E-state index is 12.6. The molecule has 0 N–H and O–H groups in total. The van der Waals surface area contributed by atoms with Gasteiger partial charge in [-0.1, -0.05) is 52.8 Å². The first kappa shape index (κ1) is 18.8. The Bertz CT molecular complexity index is 1230. The minimum absolute atomic E-state index is 0.0398. The third-order valence-corrected chi connectivity index (χ3v) is 6.61. The van der Waals surface area contributed by atoms with Crippen molar-refractivity contribution in [2.24, 2.45) is 5.92 Å². The maximum Gasteiger partial charge on any atom is 0.232 e. The van der Waals surface area contributed by atoms with Gasteiger partial charge < -0.3 is 4.42 Å². The molecule has 0 radical (unpaired) electrons. The topological polar surface area (TPSA) is 74.3 Å². The quantitative estimate of drug-likeness (QED) is 0.518. The molecule has 2 atom stereocenters. The van der Waals surface area contributed by atoms with Crippen LogP contribution in [0.1, 0.15) is 17.2 Å². The average molecular weight is 457 g/mol. The van der Waals surface area contributed by atoms with E-state index in [1.54, 1.807) is 0 Å². The summed E-state index contributed by atoms with van der Waals surface area (Å²) in [4.78, 5) is 0. The molecule has 142 valence electrons. The van der Waals surface area contributed by atoms with E-state index in [2.05, 4.69) is 28.6 Å². The molecule has 1 aliphatic heterocycles. The summed E-state index contributed by atoms with van der Waals surface area (Å²) in [5.74, 6) is -0.599. The van der Waals surface area contributed by atoms with E-state index in [1.807, 2.05) is 48.5 Å². The molecule has 7 heteroatoms. The van der Waals surface area contributed by atoms with Crippen molar-refractivity contribution in [2.75, 3.05) is 17.1 Å². The normalized spacial score (nSPS) is 19.9. The first-order valence-corrected chi connectivity index (χ1v) is 11.3. The van der Waals surface area contributed by atoms with Crippen LogP contribution in [-0.4, -0.2) is 21.2 Å². The van der Waals surface area contributed by atoms with Crippen molar-refractivity contribution < 1.29 is 12.8 Å². The molecule has 1 aliphatic rings.